The molecule has 120 valence electrons. The first-order valence-corrected chi connectivity index (χ1v) is 7.59. The van der Waals surface area contributed by atoms with Crippen molar-refractivity contribution in [3.8, 4) is 0 Å². The van der Waals surface area contributed by atoms with Crippen LogP contribution in [0.25, 0.3) is 0 Å². The van der Waals surface area contributed by atoms with Crippen LogP contribution in [-0.2, 0) is 4.79 Å². The number of amides is 1. The van der Waals surface area contributed by atoms with E-state index in [-0.39, 0.29) is 24.2 Å². The van der Waals surface area contributed by atoms with Gasteiger partial charge in [0.2, 0.25) is 5.91 Å². The van der Waals surface area contributed by atoms with Gasteiger partial charge in [0.25, 0.3) is 0 Å². The molecule has 0 aliphatic rings. The van der Waals surface area contributed by atoms with Gasteiger partial charge in [0.1, 0.15) is 0 Å². The summed E-state index contributed by atoms with van der Waals surface area (Å²) in [6.07, 6.45) is 0.556. The molecule has 0 aliphatic heterocycles. The SMILES string of the molecule is CCN[C@H](C)CNC(=O)CC(c1ccccc1)C(C)C.Cl. The van der Waals surface area contributed by atoms with Crippen LogP contribution in [0, 0.1) is 5.92 Å². The van der Waals surface area contributed by atoms with Gasteiger partial charge in [-0.15, -0.1) is 12.4 Å². The first-order chi connectivity index (χ1) is 9.54. The lowest BCUT2D eigenvalue weighted by Gasteiger charge is -2.21. The van der Waals surface area contributed by atoms with Crippen molar-refractivity contribution in [3.05, 3.63) is 35.9 Å². The summed E-state index contributed by atoms with van der Waals surface area (Å²) in [5, 5.41) is 6.31. The first-order valence-electron chi connectivity index (χ1n) is 7.59. The van der Waals surface area contributed by atoms with E-state index in [0.717, 1.165) is 6.54 Å². The molecule has 0 heterocycles. The number of halogens is 1. The normalized spacial score (nSPS) is 13.4. The van der Waals surface area contributed by atoms with Gasteiger partial charge in [-0.05, 0) is 30.9 Å². The molecule has 1 aromatic carbocycles. The molecule has 0 fully saturated rings. The number of carbonyl (C=O) groups is 1. The number of nitrogens with one attached hydrogen (secondary N) is 2. The Morgan fingerprint density at radius 2 is 1.76 bits per heavy atom. The minimum Gasteiger partial charge on any atom is -0.355 e. The fourth-order valence-corrected chi connectivity index (χ4v) is 2.40. The minimum atomic E-state index is 0. The predicted molar refractivity (Wildman–Crippen MR) is 92.0 cm³/mol. The molecule has 1 unspecified atom stereocenters. The molecular weight excluding hydrogens is 284 g/mol. The summed E-state index contributed by atoms with van der Waals surface area (Å²) in [7, 11) is 0. The van der Waals surface area contributed by atoms with Crippen LogP contribution >= 0.6 is 12.4 Å². The van der Waals surface area contributed by atoms with E-state index in [1.807, 2.05) is 18.2 Å². The van der Waals surface area contributed by atoms with Crippen molar-refractivity contribution in [1.29, 1.82) is 0 Å². The second-order valence-corrected chi connectivity index (χ2v) is 5.73. The van der Waals surface area contributed by atoms with Gasteiger partial charge in [-0.25, -0.2) is 0 Å². The summed E-state index contributed by atoms with van der Waals surface area (Å²) in [5.41, 5.74) is 1.25. The van der Waals surface area contributed by atoms with Crippen LogP contribution in [0.15, 0.2) is 30.3 Å². The number of carbonyl (C=O) groups excluding carboxylic acids is 1. The Bertz CT molecular complexity index is 395. The van der Waals surface area contributed by atoms with E-state index in [4.69, 9.17) is 0 Å². The fraction of sp³-hybridized carbons (Fsp3) is 0.588. The van der Waals surface area contributed by atoms with E-state index in [0.29, 0.717) is 24.9 Å². The smallest absolute Gasteiger partial charge is 0.220 e. The highest BCUT2D eigenvalue weighted by Crippen LogP contribution is 2.27. The van der Waals surface area contributed by atoms with Crippen molar-refractivity contribution in [2.24, 2.45) is 5.92 Å². The topological polar surface area (TPSA) is 41.1 Å². The third-order valence-corrected chi connectivity index (χ3v) is 3.60. The third-order valence-electron chi connectivity index (χ3n) is 3.60. The second kappa shape index (κ2) is 10.6. The van der Waals surface area contributed by atoms with E-state index in [1.165, 1.54) is 5.56 Å². The average Bonchev–Trinajstić information content (AvgIpc) is 2.43. The summed E-state index contributed by atoms with van der Waals surface area (Å²) >= 11 is 0. The van der Waals surface area contributed by atoms with Gasteiger partial charge in [-0.2, -0.15) is 0 Å². The monoisotopic (exact) mass is 312 g/mol. The van der Waals surface area contributed by atoms with Crippen molar-refractivity contribution in [2.45, 2.75) is 46.1 Å². The zero-order valence-electron chi connectivity index (χ0n) is 13.6. The molecule has 0 saturated heterocycles. The predicted octanol–water partition coefficient (Wildman–Crippen LogP) is 3.35. The zero-order valence-corrected chi connectivity index (χ0v) is 14.4. The van der Waals surface area contributed by atoms with Crippen molar-refractivity contribution in [2.75, 3.05) is 13.1 Å². The third kappa shape index (κ3) is 7.49. The maximum atomic E-state index is 12.1. The van der Waals surface area contributed by atoms with Gasteiger partial charge >= 0.3 is 0 Å². The van der Waals surface area contributed by atoms with Crippen molar-refractivity contribution in [1.82, 2.24) is 10.6 Å². The minimum absolute atomic E-state index is 0. The van der Waals surface area contributed by atoms with Gasteiger partial charge < -0.3 is 10.6 Å². The zero-order chi connectivity index (χ0) is 15.0. The van der Waals surface area contributed by atoms with Gasteiger partial charge in [0, 0.05) is 19.0 Å². The van der Waals surface area contributed by atoms with Crippen molar-refractivity contribution >= 4 is 18.3 Å². The van der Waals surface area contributed by atoms with Crippen LogP contribution in [-0.4, -0.2) is 25.0 Å². The van der Waals surface area contributed by atoms with Crippen LogP contribution in [0.3, 0.4) is 0 Å². The molecule has 0 aromatic heterocycles. The highest BCUT2D eigenvalue weighted by molar-refractivity contribution is 5.85. The number of hydrogen-bond donors (Lipinski definition) is 2. The quantitative estimate of drug-likeness (QED) is 0.773. The van der Waals surface area contributed by atoms with Gasteiger partial charge in [-0.3, -0.25) is 4.79 Å². The lowest BCUT2D eigenvalue weighted by molar-refractivity contribution is -0.121. The maximum absolute atomic E-state index is 12.1. The summed E-state index contributed by atoms with van der Waals surface area (Å²) < 4.78 is 0. The van der Waals surface area contributed by atoms with Gasteiger partial charge in [0.15, 0.2) is 0 Å². The molecule has 0 saturated carbocycles. The molecule has 1 amide bonds. The number of likely N-dealkylation sites (N-methyl/N-ethyl adjacent to an activating group) is 1. The van der Waals surface area contributed by atoms with E-state index < -0.39 is 0 Å². The molecule has 2 N–H and O–H groups in total. The van der Waals surface area contributed by atoms with Crippen LogP contribution in [0.1, 0.15) is 45.6 Å². The van der Waals surface area contributed by atoms with Crippen LogP contribution in [0.4, 0.5) is 0 Å². The molecule has 0 radical (unpaired) electrons. The molecule has 0 aliphatic carbocycles. The molecule has 3 nitrogen and oxygen atoms in total. The fourth-order valence-electron chi connectivity index (χ4n) is 2.40. The Hall–Kier alpha value is -1.06. The molecule has 0 bridgehead atoms. The molecular formula is C17H29ClN2O. The van der Waals surface area contributed by atoms with E-state index >= 15 is 0 Å². The Kier molecular flexibility index (Phi) is 10.1. The Balaban J connectivity index is 0.00000400. The lowest BCUT2D eigenvalue weighted by atomic mass is 9.85. The van der Waals surface area contributed by atoms with Crippen LogP contribution in [0.2, 0.25) is 0 Å². The van der Waals surface area contributed by atoms with Gasteiger partial charge in [-0.1, -0.05) is 51.1 Å². The Labute approximate surface area is 135 Å². The summed E-state index contributed by atoms with van der Waals surface area (Å²) in [6.45, 7) is 10.1. The molecule has 0 spiro atoms. The highest BCUT2D eigenvalue weighted by atomic mass is 35.5. The molecule has 1 aromatic rings. The molecule has 4 heteroatoms. The lowest BCUT2D eigenvalue weighted by Crippen LogP contribution is -2.39. The van der Waals surface area contributed by atoms with E-state index in [1.54, 1.807) is 0 Å². The first kappa shape index (κ1) is 19.9. The summed E-state index contributed by atoms with van der Waals surface area (Å²) in [4.78, 5) is 12.1. The van der Waals surface area contributed by atoms with E-state index in [2.05, 4.69) is 50.5 Å². The Morgan fingerprint density at radius 1 is 1.14 bits per heavy atom. The van der Waals surface area contributed by atoms with Crippen LogP contribution in [0.5, 0.6) is 0 Å². The molecule has 21 heavy (non-hydrogen) atoms. The number of benzene rings is 1. The maximum Gasteiger partial charge on any atom is 0.220 e. The highest BCUT2D eigenvalue weighted by Gasteiger charge is 2.19. The standard InChI is InChI=1S/C17H28N2O.ClH/c1-5-18-14(4)12-19-17(20)11-16(13(2)3)15-9-7-6-8-10-15;/h6-10,13-14,16,18H,5,11-12H2,1-4H3,(H,19,20);1H/t14-,16?;/m1./s1. The Morgan fingerprint density at radius 3 is 2.29 bits per heavy atom. The number of rotatable bonds is 8. The van der Waals surface area contributed by atoms with Crippen molar-refractivity contribution < 1.29 is 4.79 Å². The number of hydrogen-bond acceptors (Lipinski definition) is 2. The van der Waals surface area contributed by atoms with Crippen molar-refractivity contribution in [3.63, 3.8) is 0 Å². The summed E-state index contributed by atoms with van der Waals surface area (Å²) in [5.74, 6) is 0.872. The summed E-state index contributed by atoms with van der Waals surface area (Å²) in [6, 6.07) is 10.6. The van der Waals surface area contributed by atoms with E-state index in [9.17, 15) is 4.79 Å². The molecule has 2 atom stereocenters. The largest absolute Gasteiger partial charge is 0.355 e. The molecule has 1 rings (SSSR count). The second-order valence-electron chi connectivity index (χ2n) is 5.73. The van der Waals surface area contributed by atoms with Gasteiger partial charge in [0.05, 0.1) is 0 Å². The average molecular weight is 313 g/mol. The van der Waals surface area contributed by atoms with Crippen LogP contribution < -0.4 is 10.6 Å².